The van der Waals surface area contributed by atoms with Crippen LogP contribution in [-0.2, 0) is 13.1 Å². The molecule has 3 nitrogen and oxygen atoms in total. The Kier molecular flexibility index (Phi) is 9.33. The standard InChI is InChI=1S/C16H17NO.C15H17N/c1-17(2)11-15-9-8-14(10-16(15)12-18)13-6-4-3-5-7-13;1-16(2)12-13-8-10-15(11-9-13)14-6-4-3-5-7-14/h3-10,12H,11H2,1-2H3;3-11H,12H2,1-2H3. The number of rotatable bonds is 7. The van der Waals surface area contributed by atoms with Crippen LogP contribution in [0.3, 0.4) is 0 Å². The zero-order valence-electron chi connectivity index (χ0n) is 20.6. The average molecular weight is 451 g/mol. The third kappa shape index (κ3) is 7.51. The summed E-state index contributed by atoms with van der Waals surface area (Å²) in [4.78, 5) is 15.4. The van der Waals surface area contributed by atoms with Gasteiger partial charge in [0, 0.05) is 18.7 Å². The van der Waals surface area contributed by atoms with Gasteiger partial charge in [-0.25, -0.2) is 0 Å². The van der Waals surface area contributed by atoms with Crippen LogP contribution in [-0.4, -0.2) is 44.3 Å². The van der Waals surface area contributed by atoms with Crippen molar-refractivity contribution >= 4 is 6.29 Å². The number of benzene rings is 4. The second-order valence-electron chi connectivity index (χ2n) is 8.94. The number of carbonyl (C=O) groups excluding carboxylic acids is 1. The molecule has 0 spiro atoms. The summed E-state index contributed by atoms with van der Waals surface area (Å²) in [6.45, 7) is 1.78. The summed E-state index contributed by atoms with van der Waals surface area (Å²) in [5.74, 6) is 0. The van der Waals surface area contributed by atoms with Gasteiger partial charge in [0.15, 0.2) is 0 Å². The molecule has 174 valence electrons. The first kappa shape index (κ1) is 25.1. The molecule has 34 heavy (non-hydrogen) atoms. The third-order valence-electron chi connectivity index (χ3n) is 5.43. The monoisotopic (exact) mass is 450 g/mol. The molecule has 0 radical (unpaired) electrons. The predicted octanol–water partition coefficient (Wildman–Crippen LogP) is 6.64. The van der Waals surface area contributed by atoms with Crippen LogP contribution in [0.2, 0.25) is 0 Å². The number of hydrogen-bond acceptors (Lipinski definition) is 3. The van der Waals surface area contributed by atoms with Crippen LogP contribution in [0.4, 0.5) is 0 Å². The summed E-state index contributed by atoms with van der Waals surface area (Å²) in [5, 5.41) is 0. The highest BCUT2D eigenvalue weighted by molar-refractivity contribution is 5.81. The van der Waals surface area contributed by atoms with Gasteiger partial charge in [0.05, 0.1) is 0 Å². The highest BCUT2D eigenvalue weighted by Gasteiger charge is 2.05. The van der Waals surface area contributed by atoms with Gasteiger partial charge in [0.1, 0.15) is 6.29 Å². The van der Waals surface area contributed by atoms with E-state index in [0.717, 1.165) is 41.6 Å². The van der Waals surface area contributed by atoms with Gasteiger partial charge in [0.25, 0.3) is 0 Å². The molecule has 0 unspecified atom stereocenters. The molecule has 0 aromatic heterocycles. The van der Waals surface area contributed by atoms with E-state index < -0.39 is 0 Å². The fourth-order valence-electron chi connectivity index (χ4n) is 3.80. The Labute approximate surface area is 204 Å². The largest absolute Gasteiger partial charge is 0.305 e. The second kappa shape index (κ2) is 12.6. The van der Waals surface area contributed by atoms with E-state index in [-0.39, 0.29) is 0 Å². The van der Waals surface area contributed by atoms with E-state index in [1.165, 1.54) is 16.7 Å². The first-order valence-corrected chi connectivity index (χ1v) is 11.5. The van der Waals surface area contributed by atoms with E-state index in [1.807, 2.05) is 50.5 Å². The summed E-state index contributed by atoms with van der Waals surface area (Å²) in [7, 11) is 8.18. The summed E-state index contributed by atoms with van der Waals surface area (Å²) in [6.07, 6.45) is 0.936. The van der Waals surface area contributed by atoms with Crippen LogP contribution >= 0.6 is 0 Å². The Morgan fingerprint density at radius 1 is 0.559 bits per heavy atom. The van der Waals surface area contributed by atoms with Gasteiger partial charge in [0.2, 0.25) is 0 Å². The minimum atomic E-state index is 0.769. The fraction of sp³-hybridized carbons (Fsp3) is 0.194. The normalized spacial score (nSPS) is 10.6. The summed E-state index contributed by atoms with van der Waals surface area (Å²) < 4.78 is 0. The van der Waals surface area contributed by atoms with Crippen LogP contribution in [0.15, 0.2) is 103 Å². The van der Waals surface area contributed by atoms with Crippen molar-refractivity contribution in [3.05, 3.63) is 120 Å². The molecular weight excluding hydrogens is 416 g/mol. The van der Waals surface area contributed by atoms with E-state index in [4.69, 9.17) is 0 Å². The van der Waals surface area contributed by atoms with Crippen molar-refractivity contribution in [3.8, 4) is 22.3 Å². The minimum Gasteiger partial charge on any atom is -0.305 e. The lowest BCUT2D eigenvalue weighted by Crippen LogP contribution is -2.12. The van der Waals surface area contributed by atoms with E-state index >= 15 is 0 Å². The van der Waals surface area contributed by atoms with Crippen molar-refractivity contribution in [1.82, 2.24) is 9.80 Å². The second-order valence-corrected chi connectivity index (χ2v) is 8.94. The fourth-order valence-corrected chi connectivity index (χ4v) is 3.80. The van der Waals surface area contributed by atoms with Gasteiger partial charge < -0.3 is 9.80 Å². The predicted molar refractivity (Wildman–Crippen MR) is 144 cm³/mol. The van der Waals surface area contributed by atoms with Crippen LogP contribution in [0.25, 0.3) is 22.3 Å². The van der Waals surface area contributed by atoms with Gasteiger partial charge in [-0.15, -0.1) is 0 Å². The molecular formula is C31H34N2O. The van der Waals surface area contributed by atoms with E-state index in [2.05, 4.69) is 90.6 Å². The highest BCUT2D eigenvalue weighted by atomic mass is 16.1. The lowest BCUT2D eigenvalue weighted by Gasteiger charge is -2.12. The lowest BCUT2D eigenvalue weighted by molar-refractivity contribution is 0.112. The smallest absolute Gasteiger partial charge is 0.150 e. The van der Waals surface area contributed by atoms with E-state index in [9.17, 15) is 4.79 Å². The quantitative estimate of drug-likeness (QED) is 0.295. The average Bonchev–Trinajstić information content (AvgIpc) is 2.85. The number of hydrogen-bond donors (Lipinski definition) is 0. The maximum Gasteiger partial charge on any atom is 0.150 e. The Hall–Kier alpha value is -3.53. The molecule has 0 bridgehead atoms. The maximum absolute atomic E-state index is 11.2. The molecule has 0 aliphatic heterocycles. The highest BCUT2D eigenvalue weighted by Crippen LogP contribution is 2.22. The zero-order valence-corrected chi connectivity index (χ0v) is 20.6. The van der Waals surface area contributed by atoms with Crippen molar-refractivity contribution in [2.45, 2.75) is 13.1 Å². The Balaban J connectivity index is 0.000000192. The number of carbonyl (C=O) groups is 1. The van der Waals surface area contributed by atoms with Crippen LogP contribution in [0.5, 0.6) is 0 Å². The van der Waals surface area contributed by atoms with Gasteiger partial charge in [-0.3, -0.25) is 4.79 Å². The molecule has 0 amide bonds. The molecule has 4 aromatic rings. The van der Waals surface area contributed by atoms with Gasteiger partial charge in [-0.1, -0.05) is 97.1 Å². The SMILES string of the molecule is CN(C)Cc1ccc(-c2ccccc2)cc1.CN(C)Cc1ccc(-c2ccccc2)cc1C=O. The molecule has 4 rings (SSSR count). The summed E-state index contributed by atoms with van der Waals surface area (Å²) in [6, 6.07) is 35.4. The molecule has 4 aromatic carbocycles. The van der Waals surface area contributed by atoms with E-state index in [1.54, 1.807) is 0 Å². The molecule has 0 atom stereocenters. The van der Waals surface area contributed by atoms with Crippen molar-refractivity contribution in [3.63, 3.8) is 0 Å². The molecule has 0 fully saturated rings. The topological polar surface area (TPSA) is 23.6 Å². The van der Waals surface area contributed by atoms with Crippen molar-refractivity contribution in [2.24, 2.45) is 0 Å². The molecule has 0 saturated carbocycles. The third-order valence-corrected chi connectivity index (χ3v) is 5.43. The molecule has 0 aliphatic rings. The maximum atomic E-state index is 11.2. The number of nitrogens with zero attached hydrogens (tertiary/aromatic N) is 2. The van der Waals surface area contributed by atoms with Gasteiger partial charge >= 0.3 is 0 Å². The number of aldehydes is 1. The summed E-state index contributed by atoms with van der Waals surface area (Å²) >= 11 is 0. The molecule has 0 N–H and O–H groups in total. The van der Waals surface area contributed by atoms with Crippen LogP contribution < -0.4 is 0 Å². The van der Waals surface area contributed by atoms with E-state index in [0.29, 0.717) is 0 Å². The molecule has 0 aliphatic carbocycles. The van der Waals surface area contributed by atoms with Crippen LogP contribution in [0, 0.1) is 0 Å². The Morgan fingerprint density at radius 2 is 1.03 bits per heavy atom. The Morgan fingerprint density at radius 3 is 1.53 bits per heavy atom. The van der Waals surface area contributed by atoms with Crippen molar-refractivity contribution < 1.29 is 4.79 Å². The van der Waals surface area contributed by atoms with Gasteiger partial charge in [-0.2, -0.15) is 0 Å². The molecule has 0 heterocycles. The van der Waals surface area contributed by atoms with Crippen molar-refractivity contribution in [2.75, 3.05) is 28.2 Å². The van der Waals surface area contributed by atoms with Crippen molar-refractivity contribution in [1.29, 1.82) is 0 Å². The van der Waals surface area contributed by atoms with Crippen LogP contribution in [0.1, 0.15) is 21.5 Å². The molecule has 3 heteroatoms. The Bertz CT molecular complexity index is 1150. The first-order chi connectivity index (χ1) is 16.5. The minimum absolute atomic E-state index is 0.769. The lowest BCUT2D eigenvalue weighted by atomic mass is 9.99. The zero-order chi connectivity index (χ0) is 24.3. The molecule has 0 saturated heterocycles. The van der Waals surface area contributed by atoms with Gasteiger partial charge in [-0.05, 0) is 67.6 Å². The first-order valence-electron chi connectivity index (χ1n) is 11.5. The summed E-state index contributed by atoms with van der Waals surface area (Å²) in [5.41, 5.74) is 7.96.